The molecule has 4 aliphatic rings. The van der Waals surface area contributed by atoms with E-state index in [1.54, 1.807) is 0 Å². The van der Waals surface area contributed by atoms with Crippen LogP contribution in [0.15, 0.2) is 227 Å². The Hall–Kier alpha value is -9.18. The van der Waals surface area contributed by atoms with Crippen molar-refractivity contribution in [3.05, 3.63) is 280 Å². The van der Waals surface area contributed by atoms with Crippen molar-refractivity contribution in [2.45, 2.75) is 50.9 Å². The number of hydrogen-bond acceptors (Lipinski definition) is 3. The molecule has 77 heavy (non-hydrogen) atoms. The van der Waals surface area contributed by atoms with Gasteiger partial charge >= 0.3 is 0 Å². The van der Waals surface area contributed by atoms with Crippen LogP contribution in [0.2, 0.25) is 0 Å². The fourth-order valence-electron chi connectivity index (χ4n) is 15.5. The zero-order valence-corrected chi connectivity index (χ0v) is 43.5. The van der Waals surface area contributed by atoms with Crippen molar-refractivity contribution in [3.8, 4) is 44.5 Å². The smallest absolute Gasteiger partial charge is 0.144 e. The molecule has 0 aliphatic heterocycles. The van der Waals surface area contributed by atoms with Crippen molar-refractivity contribution in [1.29, 1.82) is 0 Å². The van der Waals surface area contributed by atoms with E-state index in [0.717, 1.165) is 55.6 Å². The lowest BCUT2D eigenvalue weighted by atomic mass is 9.55. The summed E-state index contributed by atoms with van der Waals surface area (Å²) in [6.45, 7) is 11.9. The van der Waals surface area contributed by atoms with E-state index in [1.165, 1.54) is 111 Å². The van der Waals surface area contributed by atoms with Gasteiger partial charge in [-0.1, -0.05) is 190 Å². The average molecular weight is 986 g/mol. The number of para-hydroxylation sites is 3. The second kappa shape index (κ2) is 14.8. The van der Waals surface area contributed by atoms with E-state index < -0.39 is 10.8 Å². The van der Waals surface area contributed by atoms with Crippen LogP contribution >= 0.6 is 0 Å². The van der Waals surface area contributed by atoms with E-state index in [2.05, 4.69) is 258 Å². The molecule has 11 aromatic carbocycles. The molecule has 0 radical (unpaired) electrons. The molecule has 3 nitrogen and oxygen atoms in total. The number of aryl methyl sites for hydroxylation is 2. The molecule has 4 aliphatic carbocycles. The topological polar surface area (TPSA) is 29.5 Å². The van der Waals surface area contributed by atoms with Gasteiger partial charge in [-0.2, -0.15) is 0 Å². The SMILES string of the molecule is Cc1cccc(C)c1N(c1ccc2c(c1)C(C)(C)c1cc(-c3ccccc3)c3oc4ccccc4c3c1-2)c1ccc2c(c1)C1(C)c3ccccc3C3(c4ccccc4)c4ccccc4-c4c3c1c-2c1c4oc2ccccc21. The lowest BCUT2D eigenvalue weighted by molar-refractivity contribution is 0.610. The molecule has 2 unspecified atom stereocenters. The Balaban J connectivity index is 0.940. The molecule has 3 heteroatoms. The zero-order chi connectivity index (χ0) is 51.3. The fraction of sp³-hybridized carbons (Fsp3) is 0.108. The molecule has 0 fully saturated rings. The van der Waals surface area contributed by atoms with Gasteiger partial charge in [-0.05, 0) is 158 Å². The molecular weight excluding hydrogens is 935 g/mol. The molecular formula is C74H51NO2. The number of nitrogens with zero attached hydrogens (tertiary/aromatic N) is 1. The molecule has 0 saturated carbocycles. The highest BCUT2D eigenvalue weighted by Gasteiger charge is 2.60. The van der Waals surface area contributed by atoms with Crippen molar-refractivity contribution in [1.82, 2.24) is 0 Å². The first-order valence-corrected chi connectivity index (χ1v) is 27.2. The van der Waals surface area contributed by atoms with Gasteiger partial charge in [-0.15, -0.1) is 0 Å². The third-order valence-corrected chi connectivity index (χ3v) is 18.7. The summed E-state index contributed by atoms with van der Waals surface area (Å²) in [5, 5.41) is 4.69. The molecule has 2 heterocycles. The summed E-state index contributed by atoms with van der Waals surface area (Å²) in [6, 6.07) is 81.6. The lowest BCUT2D eigenvalue weighted by Crippen LogP contribution is -2.41. The number of rotatable bonds is 5. The second-order valence-electron chi connectivity index (χ2n) is 22.8. The van der Waals surface area contributed by atoms with Gasteiger partial charge in [0, 0.05) is 54.9 Å². The van der Waals surface area contributed by atoms with E-state index in [-0.39, 0.29) is 5.41 Å². The number of hydrogen-bond donors (Lipinski definition) is 0. The van der Waals surface area contributed by atoms with E-state index in [4.69, 9.17) is 8.83 Å². The third kappa shape index (κ3) is 5.18. The molecule has 0 bridgehead atoms. The Labute approximate surface area is 447 Å². The Kier molecular flexibility index (Phi) is 8.29. The summed E-state index contributed by atoms with van der Waals surface area (Å²) in [5.74, 6) is 0. The molecule has 2 aromatic heterocycles. The Morgan fingerprint density at radius 1 is 0.377 bits per heavy atom. The van der Waals surface area contributed by atoms with Crippen LogP contribution in [-0.4, -0.2) is 0 Å². The number of benzene rings is 11. The van der Waals surface area contributed by atoms with E-state index in [9.17, 15) is 0 Å². The standard InChI is InChI=1S/C74H51NO2/c1-42-21-20-22-43(2)69(42)75(46-35-37-49-57(39-46)72(3,4)59-41-53(44-23-8-6-9-24-44)70-64(62(49)59)51-28-13-18-33-60(51)76-70)47-36-38-50-58(40-47)73(5)55-31-16-17-32-56(55)74(45-25-10-7-11-26-45)54-30-15-12-27-48(54)66-68(74)67(73)63(50)65-52-29-14-19-34-61(52)77-71(65)66/h6-41H,1-5H3. The molecule has 0 saturated heterocycles. The molecule has 364 valence electrons. The van der Waals surface area contributed by atoms with Gasteiger partial charge in [0.15, 0.2) is 0 Å². The van der Waals surface area contributed by atoms with E-state index in [1.807, 2.05) is 0 Å². The van der Waals surface area contributed by atoms with Crippen molar-refractivity contribution in [3.63, 3.8) is 0 Å². The summed E-state index contributed by atoms with van der Waals surface area (Å²) >= 11 is 0. The van der Waals surface area contributed by atoms with Crippen molar-refractivity contribution < 1.29 is 8.83 Å². The minimum Gasteiger partial charge on any atom is -0.455 e. The van der Waals surface area contributed by atoms with Crippen LogP contribution in [0.5, 0.6) is 0 Å². The number of anilines is 3. The quantitative estimate of drug-likeness (QED) is 0.172. The predicted octanol–water partition coefficient (Wildman–Crippen LogP) is 19.6. The van der Waals surface area contributed by atoms with E-state index in [0.29, 0.717) is 0 Å². The maximum Gasteiger partial charge on any atom is 0.144 e. The second-order valence-corrected chi connectivity index (χ2v) is 22.8. The Bertz CT molecular complexity index is 4740. The van der Waals surface area contributed by atoms with Crippen LogP contribution in [0.1, 0.15) is 82.0 Å². The Morgan fingerprint density at radius 3 is 1.62 bits per heavy atom. The molecule has 0 amide bonds. The summed E-state index contributed by atoms with van der Waals surface area (Å²) < 4.78 is 14.1. The average Bonchev–Trinajstić information content (AvgIpc) is 2.32. The first-order chi connectivity index (χ1) is 37.7. The molecule has 13 aromatic rings. The highest BCUT2D eigenvalue weighted by molar-refractivity contribution is 6.22. The highest BCUT2D eigenvalue weighted by Crippen LogP contribution is 2.71. The van der Waals surface area contributed by atoms with Crippen LogP contribution in [0.3, 0.4) is 0 Å². The van der Waals surface area contributed by atoms with Crippen LogP contribution in [0.25, 0.3) is 88.4 Å². The fourth-order valence-corrected chi connectivity index (χ4v) is 15.5. The van der Waals surface area contributed by atoms with Crippen LogP contribution in [0.4, 0.5) is 17.1 Å². The maximum absolute atomic E-state index is 7.24. The Morgan fingerprint density at radius 2 is 0.922 bits per heavy atom. The minimum atomic E-state index is -0.569. The molecule has 0 N–H and O–H groups in total. The molecule has 2 atom stereocenters. The lowest BCUT2D eigenvalue weighted by Gasteiger charge is -2.46. The zero-order valence-electron chi connectivity index (χ0n) is 43.5. The van der Waals surface area contributed by atoms with E-state index >= 15 is 0 Å². The summed E-state index contributed by atoms with van der Waals surface area (Å²) in [7, 11) is 0. The summed E-state index contributed by atoms with van der Waals surface area (Å²) in [4.78, 5) is 2.56. The third-order valence-electron chi connectivity index (χ3n) is 18.7. The van der Waals surface area contributed by atoms with Gasteiger partial charge in [-0.25, -0.2) is 0 Å². The first kappa shape index (κ1) is 43.1. The summed E-state index contributed by atoms with van der Waals surface area (Å²) in [6.07, 6.45) is 0. The maximum atomic E-state index is 7.24. The predicted molar refractivity (Wildman–Crippen MR) is 316 cm³/mol. The van der Waals surface area contributed by atoms with Gasteiger partial charge in [-0.3, -0.25) is 0 Å². The molecule has 0 spiro atoms. The van der Waals surface area contributed by atoms with Crippen LogP contribution in [0, 0.1) is 13.8 Å². The van der Waals surface area contributed by atoms with Crippen molar-refractivity contribution >= 4 is 60.9 Å². The monoisotopic (exact) mass is 985 g/mol. The van der Waals surface area contributed by atoms with Gasteiger partial charge in [0.25, 0.3) is 0 Å². The van der Waals surface area contributed by atoms with Crippen LogP contribution in [-0.2, 0) is 16.2 Å². The first-order valence-electron chi connectivity index (χ1n) is 27.2. The largest absolute Gasteiger partial charge is 0.455 e. The normalized spacial score (nSPS) is 17.6. The van der Waals surface area contributed by atoms with Crippen molar-refractivity contribution in [2.75, 3.05) is 4.90 Å². The highest BCUT2D eigenvalue weighted by atomic mass is 16.3. The van der Waals surface area contributed by atoms with Gasteiger partial charge in [0.1, 0.15) is 22.3 Å². The van der Waals surface area contributed by atoms with Gasteiger partial charge in [0.2, 0.25) is 0 Å². The minimum absolute atomic E-state index is 0.329. The van der Waals surface area contributed by atoms with Gasteiger partial charge < -0.3 is 13.7 Å². The number of furan rings is 2. The van der Waals surface area contributed by atoms with Crippen molar-refractivity contribution in [2.24, 2.45) is 0 Å². The molecule has 17 rings (SSSR count). The van der Waals surface area contributed by atoms with Crippen LogP contribution < -0.4 is 4.90 Å². The summed E-state index contributed by atoms with van der Waals surface area (Å²) in [5.41, 5.74) is 30.0. The number of fused-ring (bicyclic) bond motifs is 21. The van der Waals surface area contributed by atoms with Gasteiger partial charge in [0.05, 0.1) is 11.1 Å².